The first-order valence-electron chi connectivity index (χ1n) is 9.04. The van der Waals surface area contributed by atoms with Crippen molar-refractivity contribution in [2.45, 2.75) is 26.7 Å². The number of aryl methyl sites for hydroxylation is 1. The number of allylic oxidation sites excluding steroid dienone is 1. The van der Waals surface area contributed by atoms with Gasteiger partial charge in [-0.25, -0.2) is 0 Å². The van der Waals surface area contributed by atoms with Gasteiger partial charge in [0.25, 0.3) is 0 Å². The molecule has 0 saturated carbocycles. The van der Waals surface area contributed by atoms with Gasteiger partial charge in [0, 0.05) is 36.1 Å². The summed E-state index contributed by atoms with van der Waals surface area (Å²) < 4.78 is 10.8. The monoisotopic (exact) mass is 353 g/mol. The van der Waals surface area contributed by atoms with Gasteiger partial charge in [-0.15, -0.1) is 0 Å². The van der Waals surface area contributed by atoms with Crippen LogP contribution in [0.1, 0.15) is 25.2 Å². The van der Waals surface area contributed by atoms with Crippen LogP contribution in [-0.2, 0) is 12.8 Å². The Balaban J connectivity index is 1.76. The predicted octanol–water partition coefficient (Wildman–Crippen LogP) is 3.84. The Kier molecular flexibility index (Phi) is 5.66. The molecule has 1 aliphatic heterocycles. The highest BCUT2D eigenvalue weighted by Gasteiger charge is 2.22. The van der Waals surface area contributed by atoms with E-state index in [1.807, 2.05) is 12.1 Å². The molecule has 1 aromatic heterocycles. The number of methoxy groups -OCH3 is 2. The van der Waals surface area contributed by atoms with Gasteiger partial charge in [0.1, 0.15) is 0 Å². The summed E-state index contributed by atoms with van der Waals surface area (Å²) in [5.41, 5.74) is 4.63. The summed E-state index contributed by atoms with van der Waals surface area (Å²) in [5.74, 6) is 1.49. The van der Waals surface area contributed by atoms with Gasteiger partial charge in [-0.05, 0) is 43.7 Å². The van der Waals surface area contributed by atoms with Crippen LogP contribution >= 0.6 is 0 Å². The molecule has 0 bridgehead atoms. The minimum absolute atomic E-state index is 0.742. The fourth-order valence-electron chi connectivity index (χ4n) is 3.23. The van der Waals surface area contributed by atoms with Crippen molar-refractivity contribution in [1.82, 2.24) is 9.99 Å². The van der Waals surface area contributed by atoms with Crippen molar-refractivity contribution in [3.63, 3.8) is 0 Å². The zero-order chi connectivity index (χ0) is 18.5. The van der Waals surface area contributed by atoms with E-state index >= 15 is 0 Å². The summed E-state index contributed by atoms with van der Waals surface area (Å²) >= 11 is 0. The van der Waals surface area contributed by atoms with Gasteiger partial charge in [0.05, 0.1) is 26.5 Å². The van der Waals surface area contributed by atoms with E-state index in [1.54, 1.807) is 14.2 Å². The molecule has 0 saturated heterocycles. The number of aromatic nitrogens is 1. The normalized spacial score (nSPS) is 13.8. The third-order valence-electron chi connectivity index (χ3n) is 4.73. The molecule has 0 radical (unpaired) electrons. The summed E-state index contributed by atoms with van der Waals surface area (Å²) in [6.07, 6.45) is 4.11. The molecule has 5 heteroatoms. The van der Waals surface area contributed by atoms with Gasteiger partial charge in [0.2, 0.25) is 0 Å². The molecule has 0 unspecified atom stereocenters. The van der Waals surface area contributed by atoms with Gasteiger partial charge in [-0.2, -0.15) is 0 Å². The topological polar surface area (TPSA) is 37.8 Å². The molecule has 2 aromatic rings. The maximum Gasteiger partial charge on any atom is 0.162 e. The van der Waals surface area contributed by atoms with Gasteiger partial charge >= 0.3 is 0 Å². The fourth-order valence-corrected chi connectivity index (χ4v) is 3.23. The standard InChI is InChI=1S/C21H27N3O2/c1-5-17-7-6-8-18(22-17)12-14-23-16(2)11-13-24(23)19-9-10-20(25-3)21(15-19)26-4/h6-11,15H,5,12-14H2,1-4H3. The molecule has 26 heavy (non-hydrogen) atoms. The number of hydrogen-bond donors (Lipinski definition) is 0. The minimum Gasteiger partial charge on any atom is -0.493 e. The van der Waals surface area contributed by atoms with Gasteiger partial charge in [-0.1, -0.05) is 13.0 Å². The van der Waals surface area contributed by atoms with Crippen LogP contribution in [0, 0.1) is 0 Å². The van der Waals surface area contributed by atoms with Crippen LogP contribution in [0.4, 0.5) is 5.69 Å². The van der Waals surface area contributed by atoms with Crippen molar-refractivity contribution in [1.29, 1.82) is 0 Å². The van der Waals surface area contributed by atoms with Gasteiger partial charge in [0.15, 0.2) is 11.5 Å². The third kappa shape index (κ3) is 3.77. The van der Waals surface area contributed by atoms with Gasteiger partial charge < -0.3 is 9.47 Å². The number of pyridine rings is 1. The number of ether oxygens (including phenoxy) is 2. The van der Waals surface area contributed by atoms with Crippen molar-refractivity contribution in [2.75, 3.05) is 32.3 Å². The summed E-state index contributed by atoms with van der Waals surface area (Å²) in [6.45, 7) is 6.02. The summed E-state index contributed by atoms with van der Waals surface area (Å²) in [6, 6.07) is 12.3. The molecule has 2 heterocycles. The highest BCUT2D eigenvalue weighted by Crippen LogP contribution is 2.34. The van der Waals surface area contributed by atoms with E-state index < -0.39 is 0 Å². The molecule has 0 atom stereocenters. The first kappa shape index (κ1) is 18.1. The van der Waals surface area contributed by atoms with E-state index in [0.29, 0.717) is 0 Å². The van der Waals surface area contributed by atoms with Crippen LogP contribution in [0.3, 0.4) is 0 Å². The van der Waals surface area contributed by atoms with Crippen molar-refractivity contribution < 1.29 is 9.47 Å². The van der Waals surface area contributed by atoms with Crippen LogP contribution in [0.5, 0.6) is 11.5 Å². The van der Waals surface area contributed by atoms with Crippen LogP contribution in [0.15, 0.2) is 48.2 Å². The van der Waals surface area contributed by atoms with Crippen LogP contribution < -0.4 is 14.5 Å². The SMILES string of the molecule is CCc1cccc(CCN2C(C)=CCN2c2ccc(OC)c(OC)c2)n1. The Hall–Kier alpha value is -2.69. The highest BCUT2D eigenvalue weighted by molar-refractivity contribution is 5.57. The van der Waals surface area contributed by atoms with E-state index in [0.717, 1.165) is 54.5 Å². The molecule has 0 amide bonds. The summed E-state index contributed by atoms with van der Waals surface area (Å²) in [4.78, 5) is 4.72. The summed E-state index contributed by atoms with van der Waals surface area (Å²) in [7, 11) is 3.32. The predicted molar refractivity (Wildman–Crippen MR) is 105 cm³/mol. The zero-order valence-corrected chi connectivity index (χ0v) is 16.0. The Morgan fingerprint density at radius 3 is 2.54 bits per heavy atom. The Morgan fingerprint density at radius 1 is 1.04 bits per heavy atom. The lowest BCUT2D eigenvalue weighted by Crippen LogP contribution is -2.38. The van der Waals surface area contributed by atoms with Crippen LogP contribution in [0.25, 0.3) is 0 Å². The first-order valence-corrected chi connectivity index (χ1v) is 9.04. The maximum absolute atomic E-state index is 5.46. The number of hydrogen-bond acceptors (Lipinski definition) is 5. The first-order chi connectivity index (χ1) is 12.7. The Labute approximate surface area is 155 Å². The molecule has 1 aromatic carbocycles. The average Bonchev–Trinajstić information content (AvgIpc) is 3.06. The Bertz CT molecular complexity index is 789. The molecule has 5 nitrogen and oxygen atoms in total. The molecule has 0 spiro atoms. The molecular formula is C21H27N3O2. The van der Waals surface area contributed by atoms with Crippen LogP contribution in [-0.4, -0.2) is 37.3 Å². The number of nitrogens with zero attached hydrogens (tertiary/aromatic N) is 3. The third-order valence-corrected chi connectivity index (χ3v) is 4.73. The second kappa shape index (κ2) is 8.13. The lowest BCUT2D eigenvalue weighted by molar-refractivity contribution is 0.343. The number of benzene rings is 1. The fraction of sp³-hybridized carbons (Fsp3) is 0.381. The van der Waals surface area contributed by atoms with Crippen molar-refractivity contribution in [3.8, 4) is 11.5 Å². The highest BCUT2D eigenvalue weighted by atomic mass is 16.5. The number of anilines is 1. The maximum atomic E-state index is 5.46. The van der Waals surface area contributed by atoms with Crippen molar-refractivity contribution in [3.05, 3.63) is 59.6 Å². The summed E-state index contributed by atoms with van der Waals surface area (Å²) in [5, 5.41) is 4.57. The van der Waals surface area contributed by atoms with Gasteiger partial charge in [-0.3, -0.25) is 15.0 Å². The minimum atomic E-state index is 0.742. The lowest BCUT2D eigenvalue weighted by Gasteiger charge is -2.33. The molecule has 0 aliphatic carbocycles. The molecule has 1 aliphatic rings. The lowest BCUT2D eigenvalue weighted by atomic mass is 10.2. The quantitative estimate of drug-likeness (QED) is 0.756. The Morgan fingerprint density at radius 2 is 1.81 bits per heavy atom. The van der Waals surface area contributed by atoms with E-state index in [9.17, 15) is 0 Å². The average molecular weight is 353 g/mol. The number of hydrazine groups is 1. The zero-order valence-electron chi connectivity index (χ0n) is 16.0. The van der Waals surface area contributed by atoms with Crippen molar-refractivity contribution >= 4 is 5.69 Å². The van der Waals surface area contributed by atoms with Crippen molar-refractivity contribution in [2.24, 2.45) is 0 Å². The van der Waals surface area contributed by atoms with Crippen LogP contribution in [0.2, 0.25) is 0 Å². The number of rotatable bonds is 7. The van der Waals surface area contributed by atoms with E-state index in [-0.39, 0.29) is 0 Å². The molecule has 0 N–H and O–H groups in total. The smallest absolute Gasteiger partial charge is 0.162 e. The molecule has 138 valence electrons. The molecule has 0 fully saturated rings. The largest absolute Gasteiger partial charge is 0.493 e. The molecule has 3 rings (SSSR count). The van der Waals surface area contributed by atoms with E-state index in [4.69, 9.17) is 14.5 Å². The second-order valence-corrected chi connectivity index (χ2v) is 6.31. The second-order valence-electron chi connectivity index (χ2n) is 6.31. The van der Waals surface area contributed by atoms with E-state index in [1.165, 1.54) is 5.70 Å². The van der Waals surface area contributed by atoms with E-state index in [2.05, 4.69) is 54.2 Å². The molecular weight excluding hydrogens is 326 g/mol.